The fraction of sp³-hybridized carbons (Fsp3) is 0.333. The molecule has 4 bridgehead atoms. The Kier molecular flexibility index (Phi) is 4.92. The summed E-state index contributed by atoms with van der Waals surface area (Å²) in [7, 11) is 0. The molecular weight excluding hydrogens is 500 g/mol. The highest BCUT2D eigenvalue weighted by Gasteiger charge is 2.38. The summed E-state index contributed by atoms with van der Waals surface area (Å²) in [6.07, 6.45) is 10.9. The standard InChI is InChI=1S/C30H27BrN2O2/c31-22-5-6-27(32-14-20-9-23-16-1-3-18(7-16)25(23)12-29(20)34)28(11-22)33-15-21-10-24-17-2-4-19(8-17)26(24)13-30(21)35/h5-6,9-19,34-35H,1-4,7-8H2. The summed E-state index contributed by atoms with van der Waals surface area (Å²) >= 11 is 3.54. The molecule has 176 valence electrons. The van der Waals surface area contributed by atoms with Crippen LogP contribution in [0.5, 0.6) is 11.5 Å². The lowest BCUT2D eigenvalue weighted by molar-refractivity contribution is 0.472. The number of rotatable bonds is 4. The minimum Gasteiger partial charge on any atom is -0.507 e. The van der Waals surface area contributed by atoms with E-state index in [1.807, 2.05) is 30.3 Å². The lowest BCUT2D eigenvalue weighted by atomic mass is 9.90. The molecule has 4 aliphatic rings. The molecule has 5 heteroatoms. The number of hydrogen-bond donors (Lipinski definition) is 2. The molecule has 4 unspecified atom stereocenters. The molecule has 35 heavy (non-hydrogen) atoms. The van der Waals surface area contributed by atoms with Crippen LogP contribution < -0.4 is 0 Å². The van der Waals surface area contributed by atoms with Crippen LogP contribution in [0.4, 0.5) is 11.4 Å². The van der Waals surface area contributed by atoms with Gasteiger partial charge < -0.3 is 10.2 Å². The number of hydrogen-bond acceptors (Lipinski definition) is 4. The van der Waals surface area contributed by atoms with Crippen LogP contribution >= 0.6 is 15.9 Å². The van der Waals surface area contributed by atoms with E-state index in [4.69, 9.17) is 9.98 Å². The Labute approximate surface area is 213 Å². The minimum atomic E-state index is 0.289. The van der Waals surface area contributed by atoms with E-state index in [1.165, 1.54) is 60.8 Å². The van der Waals surface area contributed by atoms with E-state index in [-0.39, 0.29) is 5.75 Å². The van der Waals surface area contributed by atoms with Gasteiger partial charge in [-0.15, -0.1) is 0 Å². The van der Waals surface area contributed by atoms with E-state index < -0.39 is 0 Å². The van der Waals surface area contributed by atoms with E-state index in [1.54, 1.807) is 12.4 Å². The van der Waals surface area contributed by atoms with Gasteiger partial charge in [0, 0.05) is 28.0 Å². The van der Waals surface area contributed by atoms with Gasteiger partial charge in [-0.05, 0) is 127 Å². The topological polar surface area (TPSA) is 65.2 Å². The highest BCUT2D eigenvalue weighted by atomic mass is 79.9. The van der Waals surface area contributed by atoms with Crippen molar-refractivity contribution >= 4 is 39.7 Å². The summed E-state index contributed by atoms with van der Waals surface area (Å²) in [4.78, 5) is 9.43. The summed E-state index contributed by atoms with van der Waals surface area (Å²) in [5.41, 5.74) is 8.34. The Bertz CT molecular complexity index is 1430. The number of nitrogens with zero attached hydrogens (tertiary/aromatic N) is 2. The van der Waals surface area contributed by atoms with Crippen molar-refractivity contribution < 1.29 is 10.2 Å². The SMILES string of the molecule is Oc1cc2c(cc1C=Nc1ccc(Br)cc1N=Cc1cc3c(cc1O)C1CCC3C1)C1CCC2C1. The number of phenols is 2. The molecule has 3 aromatic rings. The van der Waals surface area contributed by atoms with Crippen molar-refractivity contribution in [3.05, 3.63) is 80.3 Å². The van der Waals surface area contributed by atoms with Crippen LogP contribution in [0.25, 0.3) is 0 Å². The lowest BCUT2D eigenvalue weighted by Crippen LogP contribution is -1.99. The van der Waals surface area contributed by atoms with Crippen molar-refractivity contribution in [1.29, 1.82) is 0 Å². The van der Waals surface area contributed by atoms with Crippen LogP contribution in [0, 0.1) is 0 Å². The van der Waals surface area contributed by atoms with Crippen LogP contribution in [0.1, 0.15) is 95.6 Å². The summed E-state index contributed by atoms with van der Waals surface area (Å²) in [5, 5.41) is 21.3. The van der Waals surface area contributed by atoms with E-state index in [0.29, 0.717) is 40.8 Å². The van der Waals surface area contributed by atoms with Gasteiger partial charge in [0.2, 0.25) is 0 Å². The van der Waals surface area contributed by atoms with E-state index in [9.17, 15) is 10.2 Å². The minimum absolute atomic E-state index is 0.289. The Morgan fingerprint density at radius 1 is 0.629 bits per heavy atom. The lowest BCUT2D eigenvalue weighted by Gasteiger charge is -2.16. The molecular formula is C30H27BrN2O2. The van der Waals surface area contributed by atoms with E-state index >= 15 is 0 Å². The van der Waals surface area contributed by atoms with Crippen molar-refractivity contribution in [3.8, 4) is 11.5 Å². The molecule has 4 nitrogen and oxygen atoms in total. The summed E-state index contributed by atoms with van der Waals surface area (Å²) in [6, 6.07) is 13.9. The molecule has 0 radical (unpaired) electrons. The smallest absolute Gasteiger partial charge is 0.124 e. The zero-order valence-corrected chi connectivity index (χ0v) is 21.0. The maximum Gasteiger partial charge on any atom is 0.124 e. The molecule has 4 aliphatic carbocycles. The first kappa shape index (κ1) is 21.4. The summed E-state index contributed by atoms with van der Waals surface area (Å²) in [6.45, 7) is 0. The van der Waals surface area contributed by atoms with Crippen molar-refractivity contribution in [2.45, 2.75) is 62.2 Å². The quantitative estimate of drug-likeness (QED) is 0.337. The first-order valence-electron chi connectivity index (χ1n) is 12.6. The van der Waals surface area contributed by atoms with Crippen LogP contribution in [0.3, 0.4) is 0 Å². The molecule has 7 rings (SSSR count). The van der Waals surface area contributed by atoms with Gasteiger partial charge in [0.1, 0.15) is 11.5 Å². The molecule has 0 aliphatic heterocycles. The Balaban J connectivity index is 1.20. The molecule has 0 aromatic heterocycles. The monoisotopic (exact) mass is 526 g/mol. The summed E-state index contributed by atoms with van der Waals surface area (Å²) in [5.74, 6) is 3.07. The Hall–Kier alpha value is -2.92. The fourth-order valence-corrected chi connectivity index (χ4v) is 7.33. The first-order valence-corrected chi connectivity index (χ1v) is 13.4. The molecule has 3 aromatic carbocycles. The second kappa shape index (κ2) is 8.06. The zero-order chi connectivity index (χ0) is 23.7. The van der Waals surface area contributed by atoms with E-state index in [0.717, 1.165) is 15.6 Å². The first-order chi connectivity index (χ1) is 17.0. The predicted octanol–water partition coefficient (Wildman–Crippen LogP) is 8.09. The normalized spacial score (nSPS) is 25.7. The Morgan fingerprint density at radius 2 is 1.09 bits per heavy atom. The van der Waals surface area contributed by atoms with Gasteiger partial charge in [0.25, 0.3) is 0 Å². The zero-order valence-electron chi connectivity index (χ0n) is 19.4. The van der Waals surface area contributed by atoms with Crippen molar-refractivity contribution in [2.75, 3.05) is 0 Å². The molecule has 0 amide bonds. The Morgan fingerprint density at radius 3 is 1.60 bits per heavy atom. The van der Waals surface area contributed by atoms with Crippen LogP contribution in [0.15, 0.2) is 56.9 Å². The van der Waals surface area contributed by atoms with Crippen molar-refractivity contribution in [1.82, 2.24) is 0 Å². The number of benzene rings is 3. The van der Waals surface area contributed by atoms with Crippen LogP contribution in [-0.2, 0) is 0 Å². The van der Waals surface area contributed by atoms with Gasteiger partial charge in [-0.1, -0.05) is 15.9 Å². The number of halogens is 1. The maximum atomic E-state index is 10.7. The number of aromatic hydroxyl groups is 2. The third kappa shape index (κ3) is 3.55. The second-order valence-electron chi connectivity index (χ2n) is 10.6. The second-order valence-corrected chi connectivity index (χ2v) is 11.6. The molecule has 2 fully saturated rings. The molecule has 4 atom stereocenters. The molecule has 2 N–H and O–H groups in total. The van der Waals surface area contributed by atoms with Gasteiger partial charge in [0.05, 0.1) is 11.4 Å². The fourth-order valence-electron chi connectivity index (χ4n) is 6.98. The highest BCUT2D eigenvalue weighted by molar-refractivity contribution is 9.10. The van der Waals surface area contributed by atoms with Gasteiger partial charge in [-0.2, -0.15) is 0 Å². The van der Waals surface area contributed by atoms with Crippen LogP contribution in [0.2, 0.25) is 0 Å². The average molecular weight is 527 g/mol. The molecule has 0 saturated heterocycles. The van der Waals surface area contributed by atoms with Gasteiger partial charge in [-0.25, -0.2) is 0 Å². The molecule has 0 spiro atoms. The number of fused-ring (bicyclic) bond motifs is 10. The summed E-state index contributed by atoms with van der Waals surface area (Å²) < 4.78 is 0.912. The largest absolute Gasteiger partial charge is 0.507 e. The van der Waals surface area contributed by atoms with Crippen LogP contribution in [-0.4, -0.2) is 22.6 Å². The van der Waals surface area contributed by atoms with Gasteiger partial charge >= 0.3 is 0 Å². The van der Waals surface area contributed by atoms with E-state index in [2.05, 4.69) is 28.1 Å². The highest BCUT2D eigenvalue weighted by Crippen LogP contribution is 2.55. The molecule has 2 saturated carbocycles. The number of aliphatic imine (C=N–C) groups is 2. The van der Waals surface area contributed by atoms with Crippen molar-refractivity contribution in [2.24, 2.45) is 9.98 Å². The third-order valence-electron chi connectivity index (χ3n) is 8.71. The predicted molar refractivity (Wildman–Crippen MR) is 144 cm³/mol. The third-order valence-corrected chi connectivity index (χ3v) is 9.21. The number of phenolic OH excluding ortho intramolecular Hbond substituents is 2. The van der Waals surface area contributed by atoms with Gasteiger partial charge in [-0.3, -0.25) is 9.98 Å². The van der Waals surface area contributed by atoms with Gasteiger partial charge in [0.15, 0.2) is 0 Å². The molecule has 0 heterocycles. The maximum absolute atomic E-state index is 10.7. The van der Waals surface area contributed by atoms with Crippen molar-refractivity contribution in [3.63, 3.8) is 0 Å². The average Bonchev–Trinajstić information content (AvgIpc) is 3.64.